The summed E-state index contributed by atoms with van der Waals surface area (Å²) < 4.78 is 11.0. The third-order valence-electron chi connectivity index (χ3n) is 2.78. The van der Waals surface area contributed by atoms with Gasteiger partial charge in [-0.2, -0.15) is 0 Å². The van der Waals surface area contributed by atoms with Crippen molar-refractivity contribution >= 4 is 0 Å². The van der Waals surface area contributed by atoms with Gasteiger partial charge in [0.1, 0.15) is 18.1 Å². The molecule has 0 radical (unpaired) electrons. The van der Waals surface area contributed by atoms with Crippen molar-refractivity contribution in [3.8, 4) is 23.3 Å². The molecule has 0 aliphatic rings. The summed E-state index contributed by atoms with van der Waals surface area (Å²) in [4.78, 5) is 0. The standard InChI is InChI=1S/C17H17NO2/c1-19-17-10-9-14(6-5-11-18)15(12-17)13-20-16-7-3-2-4-8-16/h2-4,7-10,12H,11,13,18H2,1H3. The first-order valence-electron chi connectivity index (χ1n) is 6.37. The van der Waals surface area contributed by atoms with Gasteiger partial charge in [-0.25, -0.2) is 0 Å². The summed E-state index contributed by atoms with van der Waals surface area (Å²) in [5.41, 5.74) is 7.31. The minimum atomic E-state index is 0.338. The summed E-state index contributed by atoms with van der Waals surface area (Å²) in [6, 6.07) is 15.4. The highest BCUT2D eigenvalue weighted by atomic mass is 16.5. The molecule has 0 saturated heterocycles. The Labute approximate surface area is 119 Å². The maximum atomic E-state index is 5.76. The Kier molecular flexibility index (Phi) is 5.05. The van der Waals surface area contributed by atoms with Crippen LogP contribution in [-0.2, 0) is 6.61 Å². The second-order valence-electron chi connectivity index (χ2n) is 4.13. The fourth-order valence-corrected chi connectivity index (χ4v) is 1.76. The highest BCUT2D eigenvalue weighted by Crippen LogP contribution is 2.19. The normalized spacial score (nSPS) is 9.50. The molecule has 0 bridgehead atoms. The molecule has 20 heavy (non-hydrogen) atoms. The molecule has 2 rings (SSSR count). The van der Waals surface area contributed by atoms with E-state index >= 15 is 0 Å². The molecule has 0 aliphatic carbocycles. The number of hydrogen-bond acceptors (Lipinski definition) is 3. The van der Waals surface area contributed by atoms with Crippen molar-refractivity contribution in [2.75, 3.05) is 13.7 Å². The van der Waals surface area contributed by atoms with Gasteiger partial charge in [-0.1, -0.05) is 30.0 Å². The van der Waals surface area contributed by atoms with Crippen LogP contribution in [-0.4, -0.2) is 13.7 Å². The number of para-hydroxylation sites is 1. The second kappa shape index (κ2) is 7.22. The second-order valence-corrected chi connectivity index (χ2v) is 4.13. The average molecular weight is 267 g/mol. The fourth-order valence-electron chi connectivity index (χ4n) is 1.76. The smallest absolute Gasteiger partial charge is 0.119 e. The first-order valence-corrected chi connectivity index (χ1v) is 6.37. The molecule has 0 spiro atoms. The summed E-state index contributed by atoms with van der Waals surface area (Å²) in [5, 5.41) is 0. The van der Waals surface area contributed by atoms with Crippen LogP contribution in [0.2, 0.25) is 0 Å². The lowest BCUT2D eigenvalue weighted by atomic mass is 10.1. The van der Waals surface area contributed by atoms with Crippen molar-refractivity contribution in [1.29, 1.82) is 0 Å². The molecule has 0 atom stereocenters. The lowest BCUT2D eigenvalue weighted by Gasteiger charge is -2.09. The lowest BCUT2D eigenvalue weighted by molar-refractivity contribution is 0.305. The maximum absolute atomic E-state index is 5.76. The Morgan fingerprint density at radius 3 is 2.55 bits per heavy atom. The molecule has 0 fully saturated rings. The molecular formula is C17H17NO2. The zero-order chi connectivity index (χ0) is 14.2. The van der Waals surface area contributed by atoms with E-state index in [1.54, 1.807) is 7.11 Å². The van der Waals surface area contributed by atoms with Crippen molar-refractivity contribution in [3.63, 3.8) is 0 Å². The van der Waals surface area contributed by atoms with Crippen molar-refractivity contribution < 1.29 is 9.47 Å². The minimum Gasteiger partial charge on any atom is -0.497 e. The molecule has 3 nitrogen and oxygen atoms in total. The SMILES string of the molecule is COc1ccc(C#CCN)c(COc2ccccc2)c1. The zero-order valence-corrected chi connectivity index (χ0v) is 11.4. The van der Waals surface area contributed by atoms with Crippen LogP contribution >= 0.6 is 0 Å². The van der Waals surface area contributed by atoms with Crippen molar-refractivity contribution in [3.05, 3.63) is 59.7 Å². The number of hydrogen-bond donors (Lipinski definition) is 1. The van der Waals surface area contributed by atoms with Crippen LogP contribution in [0.25, 0.3) is 0 Å². The summed E-state index contributed by atoms with van der Waals surface area (Å²) in [7, 11) is 1.64. The lowest BCUT2D eigenvalue weighted by Crippen LogP contribution is -2.00. The summed E-state index contributed by atoms with van der Waals surface area (Å²) in [5.74, 6) is 7.53. The molecule has 0 saturated carbocycles. The van der Waals surface area contributed by atoms with Gasteiger partial charge in [0.25, 0.3) is 0 Å². The van der Waals surface area contributed by atoms with E-state index in [4.69, 9.17) is 15.2 Å². The van der Waals surface area contributed by atoms with Crippen molar-refractivity contribution in [1.82, 2.24) is 0 Å². The van der Waals surface area contributed by atoms with Gasteiger partial charge in [0.05, 0.1) is 13.7 Å². The van der Waals surface area contributed by atoms with E-state index in [0.29, 0.717) is 13.2 Å². The third-order valence-corrected chi connectivity index (χ3v) is 2.78. The van der Waals surface area contributed by atoms with Gasteiger partial charge in [0, 0.05) is 11.1 Å². The Morgan fingerprint density at radius 2 is 1.85 bits per heavy atom. The molecule has 102 valence electrons. The van der Waals surface area contributed by atoms with Crippen LogP contribution in [0.15, 0.2) is 48.5 Å². The fraction of sp³-hybridized carbons (Fsp3) is 0.176. The topological polar surface area (TPSA) is 44.5 Å². The van der Waals surface area contributed by atoms with E-state index < -0.39 is 0 Å². The Bertz CT molecular complexity index is 612. The molecular weight excluding hydrogens is 250 g/mol. The first kappa shape index (κ1) is 14.0. The Balaban J connectivity index is 2.19. The first-order chi connectivity index (χ1) is 9.83. The van der Waals surface area contributed by atoms with E-state index in [-0.39, 0.29) is 0 Å². The molecule has 0 aromatic heterocycles. The van der Waals surface area contributed by atoms with Gasteiger partial charge >= 0.3 is 0 Å². The molecule has 2 aromatic rings. The number of rotatable bonds is 4. The number of benzene rings is 2. The van der Waals surface area contributed by atoms with Crippen LogP contribution in [0.1, 0.15) is 11.1 Å². The zero-order valence-electron chi connectivity index (χ0n) is 11.4. The highest BCUT2D eigenvalue weighted by molar-refractivity contribution is 5.45. The Morgan fingerprint density at radius 1 is 1.05 bits per heavy atom. The van der Waals surface area contributed by atoms with E-state index in [9.17, 15) is 0 Å². The quantitative estimate of drug-likeness (QED) is 0.866. The van der Waals surface area contributed by atoms with Crippen molar-refractivity contribution in [2.24, 2.45) is 5.73 Å². The van der Waals surface area contributed by atoms with E-state index in [2.05, 4.69) is 11.8 Å². The van der Waals surface area contributed by atoms with Crippen molar-refractivity contribution in [2.45, 2.75) is 6.61 Å². The van der Waals surface area contributed by atoms with E-state index in [1.165, 1.54) is 0 Å². The number of ether oxygens (including phenoxy) is 2. The van der Waals surface area contributed by atoms with Gasteiger partial charge in [-0.15, -0.1) is 0 Å². The van der Waals surface area contributed by atoms with Crippen LogP contribution in [0.4, 0.5) is 0 Å². The van der Waals surface area contributed by atoms with Crippen LogP contribution in [0.3, 0.4) is 0 Å². The van der Waals surface area contributed by atoms with E-state index in [0.717, 1.165) is 22.6 Å². The van der Waals surface area contributed by atoms with Gasteiger partial charge < -0.3 is 15.2 Å². The predicted octanol–water partition coefficient (Wildman–Crippen LogP) is 2.58. The largest absolute Gasteiger partial charge is 0.497 e. The molecule has 0 heterocycles. The number of nitrogens with two attached hydrogens (primary N) is 1. The van der Waals surface area contributed by atoms with Crippen LogP contribution < -0.4 is 15.2 Å². The molecule has 0 unspecified atom stereocenters. The van der Waals surface area contributed by atoms with Crippen LogP contribution in [0, 0.1) is 11.8 Å². The molecule has 2 N–H and O–H groups in total. The summed E-state index contributed by atoms with van der Waals surface area (Å²) in [6.45, 7) is 0.779. The van der Waals surface area contributed by atoms with Gasteiger partial charge in [0.2, 0.25) is 0 Å². The predicted molar refractivity (Wildman–Crippen MR) is 79.7 cm³/mol. The molecule has 0 aliphatic heterocycles. The molecule has 3 heteroatoms. The Hall–Kier alpha value is -2.44. The highest BCUT2D eigenvalue weighted by Gasteiger charge is 2.04. The molecule has 2 aromatic carbocycles. The van der Waals surface area contributed by atoms with Gasteiger partial charge in [-0.3, -0.25) is 0 Å². The molecule has 0 amide bonds. The average Bonchev–Trinajstić information content (AvgIpc) is 2.52. The van der Waals surface area contributed by atoms with Gasteiger partial charge in [-0.05, 0) is 30.3 Å². The number of methoxy groups -OCH3 is 1. The van der Waals surface area contributed by atoms with E-state index in [1.807, 2.05) is 48.5 Å². The summed E-state index contributed by atoms with van der Waals surface area (Å²) >= 11 is 0. The maximum Gasteiger partial charge on any atom is 0.119 e. The van der Waals surface area contributed by atoms with Crippen LogP contribution in [0.5, 0.6) is 11.5 Å². The summed E-state index contributed by atoms with van der Waals surface area (Å²) in [6.07, 6.45) is 0. The minimum absolute atomic E-state index is 0.338. The third kappa shape index (κ3) is 3.78. The monoisotopic (exact) mass is 267 g/mol. The van der Waals surface area contributed by atoms with Gasteiger partial charge in [0.15, 0.2) is 0 Å².